The summed E-state index contributed by atoms with van der Waals surface area (Å²) in [5, 5.41) is 0.423. The minimum atomic E-state index is -0.766. The maximum atomic E-state index is 13.7. The van der Waals surface area contributed by atoms with Crippen LogP contribution in [0, 0.1) is 0 Å². The zero-order chi connectivity index (χ0) is 21.6. The van der Waals surface area contributed by atoms with Crippen LogP contribution in [0.25, 0.3) is 0 Å². The Bertz CT molecular complexity index is 1150. The molecule has 3 aromatic carbocycles. The number of rotatable bonds is 3. The summed E-state index contributed by atoms with van der Waals surface area (Å²) in [6.07, 6.45) is 0.570. The van der Waals surface area contributed by atoms with Crippen molar-refractivity contribution in [1.29, 1.82) is 0 Å². The van der Waals surface area contributed by atoms with E-state index >= 15 is 0 Å². The summed E-state index contributed by atoms with van der Waals surface area (Å²) in [7, 11) is 1.62. The highest BCUT2D eigenvalue weighted by molar-refractivity contribution is 7.80. The normalized spacial score (nSPS) is 21.9. The molecule has 2 bridgehead atoms. The van der Waals surface area contributed by atoms with Gasteiger partial charge in [0.15, 0.2) is 22.3 Å². The SMILES string of the molecule is COc1cccc2c1O[C@@]1(C)C[C@H]2N(C(=O)c2ccccc2)C(=S)N1c1ccccc1. The quantitative estimate of drug-likeness (QED) is 0.536. The molecule has 0 unspecified atom stereocenters. The van der Waals surface area contributed by atoms with E-state index < -0.39 is 5.72 Å². The summed E-state index contributed by atoms with van der Waals surface area (Å²) >= 11 is 5.94. The van der Waals surface area contributed by atoms with E-state index in [1.165, 1.54) is 0 Å². The number of carbonyl (C=O) groups excluding carboxylic acids is 1. The van der Waals surface area contributed by atoms with Crippen molar-refractivity contribution >= 4 is 28.9 Å². The Hall–Kier alpha value is -3.38. The van der Waals surface area contributed by atoms with E-state index in [-0.39, 0.29) is 11.9 Å². The van der Waals surface area contributed by atoms with Gasteiger partial charge in [0.1, 0.15) is 0 Å². The third kappa shape index (κ3) is 3.06. The summed E-state index contributed by atoms with van der Waals surface area (Å²) < 4.78 is 12.2. The minimum Gasteiger partial charge on any atom is -0.493 e. The van der Waals surface area contributed by atoms with Gasteiger partial charge in [0.2, 0.25) is 0 Å². The molecule has 0 N–H and O–H groups in total. The molecule has 3 aromatic rings. The van der Waals surface area contributed by atoms with Gasteiger partial charge in [-0.25, -0.2) is 0 Å². The number of hydrogen-bond donors (Lipinski definition) is 0. The van der Waals surface area contributed by atoms with Crippen molar-refractivity contribution in [2.75, 3.05) is 12.0 Å². The second-order valence-corrected chi connectivity index (χ2v) is 8.24. The topological polar surface area (TPSA) is 42.0 Å². The first-order valence-corrected chi connectivity index (χ1v) is 10.6. The number of anilines is 1. The van der Waals surface area contributed by atoms with Gasteiger partial charge in [-0.15, -0.1) is 0 Å². The third-order valence-corrected chi connectivity index (χ3v) is 6.30. The lowest BCUT2D eigenvalue weighted by Crippen LogP contribution is -2.67. The maximum absolute atomic E-state index is 13.7. The first kappa shape index (κ1) is 19.6. The van der Waals surface area contributed by atoms with Crippen LogP contribution in [0.15, 0.2) is 78.9 Å². The van der Waals surface area contributed by atoms with Gasteiger partial charge in [-0.3, -0.25) is 14.6 Å². The van der Waals surface area contributed by atoms with Crippen molar-refractivity contribution in [3.05, 3.63) is 90.0 Å². The fraction of sp³-hybridized carbons (Fsp3) is 0.200. The van der Waals surface area contributed by atoms with E-state index in [9.17, 15) is 4.79 Å². The molecule has 5 rings (SSSR count). The lowest BCUT2D eigenvalue weighted by Gasteiger charge is -2.55. The van der Waals surface area contributed by atoms with Crippen molar-refractivity contribution in [3.8, 4) is 11.5 Å². The zero-order valence-corrected chi connectivity index (χ0v) is 18.1. The smallest absolute Gasteiger partial charge is 0.260 e. The number of benzene rings is 3. The predicted molar refractivity (Wildman–Crippen MR) is 124 cm³/mol. The fourth-order valence-electron chi connectivity index (χ4n) is 4.51. The molecule has 6 heteroatoms. The molecule has 2 atom stereocenters. The number of hydrogen-bond acceptors (Lipinski definition) is 4. The van der Waals surface area contributed by atoms with Gasteiger partial charge in [-0.1, -0.05) is 48.5 Å². The van der Waals surface area contributed by atoms with Crippen LogP contribution in [0.2, 0.25) is 0 Å². The Balaban J connectivity index is 1.71. The van der Waals surface area contributed by atoms with E-state index in [1.807, 2.05) is 90.7 Å². The molecule has 2 heterocycles. The highest BCUT2D eigenvalue weighted by Gasteiger charge is 2.54. The number of amides is 1. The first-order valence-electron chi connectivity index (χ1n) is 10.2. The van der Waals surface area contributed by atoms with E-state index in [0.29, 0.717) is 28.6 Å². The molecule has 0 spiro atoms. The summed E-state index contributed by atoms with van der Waals surface area (Å²) in [4.78, 5) is 17.4. The van der Waals surface area contributed by atoms with Gasteiger partial charge in [0.25, 0.3) is 5.91 Å². The Morgan fingerprint density at radius 1 is 1.03 bits per heavy atom. The molecular weight excluding hydrogens is 408 g/mol. The van der Waals surface area contributed by atoms with E-state index in [1.54, 1.807) is 12.0 Å². The van der Waals surface area contributed by atoms with Crippen molar-refractivity contribution in [2.45, 2.75) is 25.1 Å². The van der Waals surface area contributed by atoms with Gasteiger partial charge in [-0.2, -0.15) is 0 Å². The van der Waals surface area contributed by atoms with Crippen molar-refractivity contribution in [1.82, 2.24) is 4.90 Å². The Morgan fingerprint density at radius 2 is 1.71 bits per heavy atom. The van der Waals surface area contributed by atoms with Crippen molar-refractivity contribution in [3.63, 3.8) is 0 Å². The Morgan fingerprint density at radius 3 is 2.39 bits per heavy atom. The first-order chi connectivity index (χ1) is 15.0. The maximum Gasteiger partial charge on any atom is 0.260 e. The Kier molecular flexibility index (Phi) is 4.67. The molecule has 0 saturated carbocycles. The fourth-order valence-corrected chi connectivity index (χ4v) is 5.02. The molecule has 1 amide bonds. The number of fused-ring (bicyclic) bond motifs is 4. The largest absolute Gasteiger partial charge is 0.493 e. The van der Waals surface area contributed by atoms with Gasteiger partial charge in [0, 0.05) is 23.2 Å². The van der Waals surface area contributed by atoms with Crippen LogP contribution in [-0.2, 0) is 0 Å². The number of thiocarbonyl (C=S) groups is 1. The number of carbonyl (C=O) groups is 1. The average Bonchev–Trinajstić information content (AvgIpc) is 2.79. The number of ether oxygens (including phenoxy) is 2. The molecule has 156 valence electrons. The van der Waals surface area contributed by atoms with E-state index in [2.05, 4.69) is 0 Å². The van der Waals surface area contributed by atoms with Crippen molar-refractivity contribution in [2.24, 2.45) is 0 Å². The predicted octanol–water partition coefficient (Wildman–Crippen LogP) is 5.18. The lowest BCUT2D eigenvalue weighted by atomic mass is 9.88. The van der Waals surface area contributed by atoms with Crippen molar-refractivity contribution < 1.29 is 14.3 Å². The van der Waals surface area contributed by atoms with Crippen LogP contribution in [0.5, 0.6) is 11.5 Å². The molecule has 0 aliphatic carbocycles. The molecule has 2 aliphatic rings. The summed E-state index contributed by atoms with van der Waals surface area (Å²) in [6, 6.07) is 24.6. The standard InChI is InChI=1S/C25H22N2O3S/c1-25-16-20(19-14-9-15-21(29-2)22(19)30-25)26(23(28)17-10-5-3-6-11-17)24(31)27(25)18-12-7-4-8-13-18/h3-15,20H,16H2,1-2H3/t20-,25+/m1/s1. The van der Waals surface area contributed by atoms with Crippen LogP contribution in [0.3, 0.4) is 0 Å². The second kappa shape index (κ2) is 7.39. The molecule has 0 radical (unpaired) electrons. The zero-order valence-electron chi connectivity index (χ0n) is 17.3. The van der Waals surface area contributed by atoms with E-state index in [4.69, 9.17) is 21.7 Å². The van der Waals surface area contributed by atoms with Crippen LogP contribution < -0.4 is 14.4 Å². The second-order valence-electron chi connectivity index (χ2n) is 7.87. The van der Waals surface area contributed by atoms with Crippen LogP contribution in [-0.4, -0.2) is 28.8 Å². The molecule has 5 nitrogen and oxygen atoms in total. The highest BCUT2D eigenvalue weighted by Crippen LogP contribution is 2.52. The summed E-state index contributed by atoms with van der Waals surface area (Å²) in [6.45, 7) is 2.01. The van der Waals surface area contributed by atoms with Gasteiger partial charge in [-0.05, 0) is 49.5 Å². The number of para-hydroxylation sites is 2. The highest BCUT2D eigenvalue weighted by atomic mass is 32.1. The number of methoxy groups -OCH3 is 1. The van der Waals surface area contributed by atoms with Crippen LogP contribution in [0.1, 0.15) is 35.3 Å². The third-order valence-electron chi connectivity index (χ3n) is 5.92. The Labute approximate surface area is 186 Å². The molecule has 31 heavy (non-hydrogen) atoms. The monoisotopic (exact) mass is 430 g/mol. The number of nitrogens with zero attached hydrogens (tertiary/aromatic N) is 2. The molecule has 2 aliphatic heterocycles. The molecule has 1 saturated heterocycles. The van der Waals surface area contributed by atoms with Gasteiger partial charge < -0.3 is 9.47 Å². The summed E-state index contributed by atoms with van der Waals surface area (Å²) in [5.41, 5.74) is 1.60. The van der Waals surface area contributed by atoms with Crippen LogP contribution in [0.4, 0.5) is 5.69 Å². The molecule has 0 aromatic heterocycles. The minimum absolute atomic E-state index is 0.130. The van der Waals surface area contributed by atoms with E-state index in [0.717, 1.165) is 11.3 Å². The van der Waals surface area contributed by atoms with Gasteiger partial charge >= 0.3 is 0 Å². The molecular formula is C25H22N2O3S. The lowest BCUT2D eigenvalue weighted by molar-refractivity contribution is 0.0162. The van der Waals surface area contributed by atoms with Crippen LogP contribution >= 0.6 is 12.2 Å². The molecule has 1 fully saturated rings. The average molecular weight is 431 g/mol. The summed E-state index contributed by atoms with van der Waals surface area (Å²) in [5.74, 6) is 1.16. The van der Waals surface area contributed by atoms with Gasteiger partial charge in [0.05, 0.1) is 13.2 Å².